The quantitative estimate of drug-likeness (QED) is 0.710. The van der Waals surface area contributed by atoms with Gasteiger partial charge in [-0.25, -0.2) is 0 Å². The van der Waals surface area contributed by atoms with Crippen molar-refractivity contribution in [2.45, 2.75) is 18.5 Å². The van der Waals surface area contributed by atoms with E-state index in [0.717, 1.165) is 0 Å². The Morgan fingerprint density at radius 1 is 0.826 bits per heavy atom. The number of hydrogen-bond acceptors (Lipinski definition) is 1. The van der Waals surface area contributed by atoms with Gasteiger partial charge in [-0.15, -0.1) is 0 Å². The van der Waals surface area contributed by atoms with Crippen LogP contribution in [0.3, 0.4) is 0 Å². The number of aliphatic hydroxyl groups is 1. The van der Waals surface area contributed by atoms with Crippen LogP contribution in [0.2, 0.25) is 5.02 Å². The molecule has 0 aliphatic carbocycles. The molecule has 0 unspecified atom stereocenters. The first kappa shape index (κ1) is 17.6. The van der Waals surface area contributed by atoms with Crippen molar-refractivity contribution in [2.75, 3.05) is 0 Å². The molecule has 0 aliphatic rings. The van der Waals surface area contributed by atoms with Crippen molar-refractivity contribution >= 4 is 11.6 Å². The van der Waals surface area contributed by atoms with Gasteiger partial charge in [-0.1, -0.05) is 29.8 Å². The van der Waals surface area contributed by atoms with E-state index in [0.29, 0.717) is 12.1 Å². The van der Waals surface area contributed by atoms with Gasteiger partial charge in [0.1, 0.15) is 6.10 Å². The Balaban J connectivity index is 2.60. The Morgan fingerprint density at radius 2 is 1.30 bits per heavy atom. The lowest BCUT2D eigenvalue weighted by molar-refractivity contribution is -0.143. The van der Waals surface area contributed by atoms with Crippen molar-refractivity contribution in [3.63, 3.8) is 0 Å². The molecule has 23 heavy (non-hydrogen) atoms. The molecule has 0 spiro atoms. The maximum atomic E-state index is 12.8. The van der Waals surface area contributed by atoms with Gasteiger partial charge in [0.15, 0.2) is 0 Å². The molecule has 2 rings (SSSR count). The molecule has 8 heteroatoms. The number of hydrogen-bond donors (Lipinski definition) is 1. The van der Waals surface area contributed by atoms with Gasteiger partial charge >= 0.3 is 12.4 Å². The fourth-order valence-corrected chi connectivity index (χ4v) is 2.25. The molecule has 0 amide bonds. The van der Waals surface area contributed by atoms with Crippen LogP contribution in [0.25, 0.3) is 0 Å². The van der Waals surface area contributed by atoms with E-state index in [9.17, 15) is 31.4 Å². The molecule has 0 aromatic heterocycles. The fourth-order valence-electron chi connectivity index (χ4n) is 2.01. The Morgan fingerprint density at radius 3 is 1.74 bits per heavy atom. The summed E-state index contributed by atoms with van der Waals surface area (Å²) < 4.78 is 76.8. The van der Waals surface area contributed by atoms with Crippen molar-refractivity contribution < 1.29 is 31.4 Å². The Labute approximate surface area is 132 Å². The third-order valence-corrected chi connectivity index (χ3v) is 3.47. The van der Waals surface area contributed by atoms with E-state index in [4.69, 9.17) is 11.6 Å². The molecule has 2 aromatic rings. The van der Waals surface area contributed by atoms with E-state index in [1.807, 2.05) is 0 Å². The molecular formula is C15H9ClF6O. The third kappa shape index (κ3) is 3.97. The van der Waals surface area contributed by atoms with Crippen molar-refractivity contribution in [1.82, 2.24) is 0 Å². The highest BCUT2D eigenvalue weighted by Gasteiger charge is 2.37. The van der Waals surface area contributed by atoms with E-state index >= 15 is 0 Å². The molecule has 2 aromatic carbocycles. The van der Waals surface area contributed by atoms with Gasteiger partial charge in [0, 0.05) is 10.6 Å². The second-order valence-corrected chi connectivity index (χ2v) is 5.17. The summed E-state index contributed by atoms with van der Waals surface area (Å²) in [5.74, 6) is 0. The summed E-state index contributed by atoms with van der Waals surface area (Å²) in [6.45, 7) is 0. The minimum atomic E-state index is -4.98. The van der Waals surface area contributed by atoms with Crippen molar-refractivity contribution in [3.05, 3.63) is 69.7 Å². The molecule has 1 nitrogen and oxygen atoms in total. The van der Waals surface area contributed by atoms with Gasteiger partial charge in [0.25, 0.3) is 0 Å². The normalized spacial score (nSPS) is 13.9. The minimum Gasteiger partial charge on any atom is -0.384 e. The van der Waals surface area contributed by atoms with E-state index in [1.54, 1.807) is 0 Å². The van der Waals surface area contributed by atoms with Gasteiger partial charge in [-0.2, -0.15) is 26.3 Å². The second-order valence-electron chi connectivity index (χ2n) is 4.76. The van der Waals surface area contributed by atoms with Gasteiger partial charge in [0.05, 0.1) is 11.1 Å². The fraction of sp³-hybridized carbons (Fsp3) is 0.200. The highest BCUT2D eigenvalue weighted by Crippen LogP contribution is 2.39. The maximum absolute atomic E-state index is 12.8. The van der Waals surface area contributed by atoms with E-state index in [-0.39, 0.29) is 16.7 Å². The lowest BCUT2D eigenvalue weighted by Gasteiger charge is -2.18. The molecule has 1 N–H and O–H groups in total. The Bertz CT molecular complexity index is 676. The molecule has 0 saturated carbocycles. The number of benzene rings is 2. The summed E-state index contributed by atoms with van der Waals surface area (Å²) in [6.07, 6.45) is -11.7. The first-order chi connectivity index (χ1) is 10.5. The largest absolute Gasteiger partial charge is 0.416 e. The number of halogens is 7. The standard InChI is InChI=1S/C15H9ClF6O/c16-12-4-2-1-3-11(12)13(23)8-5-9(14(17,18)19)7-10(6-8)15(20,21)22/h1-7,13,23H/t13-/m0/s1. The summed E-state index contributed by atoms with van der Waals surface area (Å²) in [7, 11) is 0. The third-order valence-electron chi connectivity index (χ3n) is 3.13. The van der Waals surface area contributed by atoms with Crippen LogP contribution in [0.1, 0.15) is 28.4 Å². The highest BCUT2D eigenvalue weighted by atomic mass is 35.5. The van der Waals surface area contributed by atoms with E-state index < -0.39 is 35.1 Å². The monoisotopic (exact) mass is 354 g/mol. The molecule has 0 aliphatic heterocycles. The SMILES string of the molecule is O[C@@H](c1cc(C(F)(F)F)cc(C(F)(F)F)c1)c1ccccc1Cl. The predicted molar refractivity (Wildman–Crippen MR) is 72.0 cm³/mol. The average molecular weight is 355 g/mol. The predicted octanol–water partition coefficient (Wildman–Crippen LogP) is 5.46. The van der Waals surface area contributed by atoms with Crippen LogP contribution in [0.4, 0.5) is 26.3 Å². The van der Waals surface area contributed by atoms with Crippen LogP contribution in [-0.2, 0) is 12.4 Å². The Hall–Kier alpha value is -1.73. The zero-order valence-electron chi connectivity index (χ0n) is 11.2. The maximum Gasteiger partial charge on any atom is 0.416 e. The summed E-state index contributed by atoms with van der Waals surface area (Å²) in [4.78, 5) is 0. The number of aliphatic hydroxyl groups excluding tert-OH is 1. The lowest BCUT2D eigenvalue weighted by Crippen LogP contribution is -2.13. The van der Waals surface area contributed by atoms with Crippen LogP contribution < -0.4 is 0 Å². The molecule has 124 valence electrons. The van der Waals surface area contributed by atoms with Crippen LogP contribution in [0, 0.1) is 0 Å². The molecule has 0 bridgehead atoms. The van der Waals surface area contributed by atoms with Gasteiger partial charge < -0.3 is 5.11 Å². The van der Waals surface area contributed by atoms with Crippen molar-refractivity contribution in [3.8, 4) is 0 Å². The topological polar surface area (TPSA) is 20.2 Å². The van der Waals surface area contributed by atoms with Crippen molar-refractivity contribution in [1.29, 1.82) is 0 Å². The van der Waals surface area contributed by atoms with Crippen molar-refractivity contribution in [2.24, 2.45) is 0 Å². The Kier molecular flexibility index (Phi) is 4.64. The number of rotatable bonds is 2. The highest BCUT2D eigenvalue weighted by molar-refractivity contribution is 6.31. The van der Waals surface area contributed by atoms with Crippen LogP contribution in [0.5, 0.6) is 0 Å². The number of alkyl halides is 6. The van der Waals surface area contributed by atoms with Crippen LogP contribution >= 0.6 is 11.6 Å². The second kappa shape index (κ2) is 6.05. The van der Waals surface area contributed by atoms with Gasteiger partial charge in [-0.3, -0.25) is 0 Å². The molecule has 0 saturated heterocycles. The van der Waals surface area contributed by atoms with Gasteiger partial charge in [0.2, 0.25) is 0 Å². The molecular weight excluding hydrogens is 346 g/mol. The molecule has 1 atom stereocenters. The zero-order chi connectivity index (χ0) is 17.4. The molecule has 0 heterocycles. The summed E-state index contributed by atoms with van der Waals surface area (Å²) in [5, 5.41) is 10.2. The zero-order valence-corrected chi connectivity index (χ0v) is 12.0. The average Bonchev–Trinajstić information content (AvgIpc) is 2.45. The van der Waals surface area contributed by atoms with Crippen LogP contribution in [0.15, 0.2) is 42.5 Å². The summed E-state index contributed by atoms with van der Waals surface area (Å²) >= 11 is 5.82. The summed E-state index contributed by atoms with van der Waals surface area (Å²) in [6, 6.07) is 6.63. The smallest absolute Gasteiger partial charge is 0.384 e. The van der Waals surface area contributed by atoms with E-state index in [1.165, 1.54) is 24.3 Å². The molecule has 0 radical (unpaired) electrons. The summed E-state index contributed by atoms with van der Waals surface area (Å²) in [5.41, 5.74) is -3.51. The van der Waals surface area contributed by atoms with Crippen LogP contribution in [-0.4, -0.2) is 5.11 Å². The van der Waals surface area contributed by atoms with E-state index in [2.05, 4.69) is 0 Å². The first-order valence-corrected chi connectivity index (χ1v) is 6.60. The first-order valence-electron chi connectivity index (χ1n) is 6.22. The molecule has 0 fully saturated rings. The minimum absolute atomic E-state index is 0.00280. The van der Waals surface area contributed by atoms with Gasteiger partial charge in [-0.05, 0) is 29.8 Å². The lowest BCUT2D eigenvalue weighted by atomic mass is 9.96.